The first-order chi connectivity index (χ1) is 7.74. The molecule has 5 heteroatoms. The fourth-order valence-electron chi connectivity index (χ4n) is 1.21. The van der Waals surface area contributed by atoms with E-state index in [1.807, 2.05) is 0 Å². The average Bonchev–Trinajstić information content (AvgIpc) is 2.70. The number of hydrogen-bond donors (Lipinski definition) is 3. The quantitative estimate of drug-likeness (QED) is 0.725. The highest BCUT2D eigenvalue weighted by Crippen LogP contribution is 2.15. The number of amides is 2. The zero-order valence-electron chi connectivity index (χ0n) is 8.31. The smallest absolute Gasteiger partial charge is 0.326 e. The molecule has 0 saturated carbocycles. The second-order valence-corrected chi connectivity index (χ2v) is 3.11. The van der Waals surface area contributed by atoms with Crippen LogP contribution >= 0.6 is 0 Å². The highest BCUT2D eigenvalue weighted by Gasteiger charge is 2.04. The second-order valence-electron chi connectivity index (χ2n) is 3.11. The van der Waals surface area contributed by atoms with Crippen molar-refractivity contribution in [2.75, 3.05) is 10.6 Å². The van der Waals surface area contributed by atoms with E-state index >= 15 is 0 Å². The van der Waals surface area contributed by atoms with Crippen LogP contribution in [0, 0.1) is 0 Å². The van der Waals surface area contributed by atoms with Crippen molar-refractivity contribution in [3.05, 3.63) is 42.7 Å². The number of nitrogens with one attached hydrogen (secondary N) is 2. The van der Waals surface area contributed by atoms with E-state index in [-0.39, 0.29) is 5.75 Å². The van der Waals surface area contributed by atoms with E-state index in [9.17, 15) is 9.90 Å². The Hall–Kier alpha value is -2.43. The van der Waals surface area contributed by atoms with Gasteiger partial charge in [-0.1, -0.05) is 6.07 Å². The molecule has 5 nitrogen and oxygen atoms in total. The van der Waals surface area contributed by atoms with E-state index in [1.165, 1.54) is 18.4 Å². The Balaban J connectivity index is 1.97. The molecule has 82 valence electrons. The number of phenols is 1. The molecule has 0 spiro atoms. The van der Waals surface area contributed by atoms with Gasteiger partial charge in [-0.3, -0.25) is 5.32 Å². The van der Waals surface area contributed by atoms with E-state index in [1.54, 1.807) is 24.3 Å². The predicted molar refractivity (Wildman–Crippen MR) is 59.5 cm³/mol. The van der Waals surface area contributed by atoms with Gasteiger partial charge in [-0.2, -0.15) is 0 Å². The topological polar surface area (TPSA) is 74.5 Å². The summed E-state index contributed by atoms with van der Waals surface area (Å²) in [6.45, 7) is 0. The third-order valence-corrected chi connectivity index (χ3v) is 1.86. The van der Waals surface area contributed by atoms with Gasteiger partial charge in [0.25, 0.3) is 0 Å². The molecular formula is C11H10N2O3. The van der Waals surface area contributed by atoms with Gasteiger partial charge in [0, 0.05) is 17.8 Å². The SMILES string of the molecule is O=C(Nc1cccc(O)c1)Nc1ccco1. The van der Waals surface area contributed by atoms with Crippen LogP contribution in [0.15, 0.2) is 47.1 Å². The van der Waals surface area contributed by atoms with Crippen molar-refractivity contribution in [3.8, 4) is 5.75 Å². The van der Waals surface area contributed by atoms with Gasteiger partial charge in [-0.15, -0.1) is 0 Å². The highest BCUT2D eigenvalue weighted by molar-refractivity contribution is 5.98. The minimum absolute atomic E-state index is 0.0933. The fraction of sp³-hybridized carbons (Fsp3) is 0. The summed E-state index contributed by atoms with van der Waals surface area (Å²) in [7, 11) is 0. The molecule has 2 aromatic rings. The van der Waals surface area contributed by atoms with E-state index in [2.05, 4.69) is 10.6 Å². The lowest BCUT2D eigenvalue weighted by molar-refractivity contribution is 0.261. The highest BCUT2D eigenvalue weighted by atomic mass is 16.3. The Labute approximate surface area is 91.7 Å². The molecule has 0 aliphatic carbocycles. The molecule has 0 aliphatic rings. The first kappa shape index (κ1) is 10.1. The number of benzene rings is 1. The number of urea groups is 1. The maximum atomic E-state index is 11.4. The maximum absolute atomic E-state index is 11.4. The lowest BCUT2D eigenvalue weighted by Crippen LogP contribution is -2.18. The van der Waals surface area contributed by atoms with Crippen LogP contribution in [0.3, 0.4) is 0 Å². The summed E-state index contributed by atoms with van der Waals surface area (Å²) in [5, 5.41) is 14.2. The molecule has 0 radical (unpaired) electrons. The Morgan fingerprint density at radius 2 is 2.06 bits per heavy atom. The minimum atomic E-state index is -0.430. The van der Waals surface area contributed by atoms with Crippen molar-refractivity contribution in [2.45, 2.75) is 0 Å². The van der Waals surface area contributed by atoms with Crippen LogP contribution in [0.2, 0.25) is 0 Å². The van der Waals surface area contributed by atoms with Gasteiger partial charge in [0.05, 0.1) is 6.26 Å². The number of anilines is 2. The zero-order valence-corrected chi connectivity index (χ0v) is 8.31. The largest absolute Gasteiger partial charge is 0.508 e. The summed E-state index contributed by atoms with van der Waals surface area (Å²) >= 11 is 0. The van der Waals surface area contributed by atoms with Crippen molar-refractivity contribution in [1.29, 1.82) is 0 Å². The van der Waals surface area contributed by atoms with Crippen LogP contribution in [0.5, 0.6) is 5.75 Å². The fourth-order valence-corrected chi connectivity index (χ4v) is 1.21. The molecular weight excluding hydrogens is 208 g/mol. The third kappa shape index (κ3) is 2.54. The summed E-state index contributed by atoms with van der Waals surface area (Å²) in [6, 6.07) is 9.14. The first-order valence-electron chi connectivity index (χ1n) is 4.64. The van der Waals surface area contributed by atoms with Crippen molar-refractivity contribution in [1.82, 2.24) is 0 Å². The summed E-state index contributed by atoms with van der Waals surface area (Å²) in [4.78, 5) is 11.4. The molecule has 2 amide bonds. The Bertz CT molecular complexity index is 480. The number of furan rings is 1. The molecule has 0 atom stereocenters. The van der Waals surface area contributed by atoms with Gasteiger partial charge < -0.3 is 14.8 Å². The number of carbonyl (C=O) groups excluding carboxylic acids is 1. The van der Waals surface area contributed by atoms with E-state index < -0.39 is 6.03 Å². The average molecular weight is 218 g/mol. The molecule has 0 aliphatic heterocycles. The molecule has 0 saturated heterocycles. The van der Waals surface area contributed by atoms with Crippen molar-refractivity contribution < 1.29 is 14.3 Å². The zero-order chi connectivity index (χ0) is 11.4. The lowest BCUT2D eigenvalue weighted by Gasteiger charge is -2.05. The molecule has 0 bridgehead atoms. The van der Waals surface area contributed by atoms with Crippen molar-refractivity contribution >= 4 is 17.6 Å². The molecule has 1 aromatic carbocycles. The number of carbonyl (C=O) groups is 1. The third-order valence-electron chi connectivity index (χ3n) is 1.86. The van der Waals surface area contributed by atoms with Crippen LogP contribution in [-0.2, 0) is 0 Å². The van der Waals surface area contributed by atoms with Crippen molar-refractivity contribution in [2.24, 2.45) is 0 Å². The van der Waals surface area contributed by atoms with Gasteiger partial charge >= 0.3 is 6.03 Å². The Morgan fingerprint density at radius 3 is 2.75 bits per heavy atom. The van der Waals surface area contributed by atoms with Gasteiger partial charge in [-0.05, 0) is 18.2 Å². The summed E-state index contributed by atoms with van der Waals surface area (Å²) in [6.07, 6.45) is 1.46. The van der Waals surface area contributed by atoms with Crippen LogP contribution in [0.4, 0.5) is 16.4 Å². The van der Waals surface area contributed by atoms with Gasteiger partial charge in [0.15, 0.2) is 0 Å². The van der Waals surface area contributed by atoms with Gasteiger partial charge in [-0.25, -0.2) is 4.79 Å². The number of aromatic hydroxyl groups is 1. The van der Waals surface area contributed by atoms with E-state index in [0.717, 1.165) is 0 Å². The van der Waals surface area contributed by atoms with E-state index in [4.69, 9.17) is 4.42 Å². The molecule has 16 heavy (non-hydrogen) atoms. The lowest BCUT2D eigenvalue weighted by atomic mass is 10.3. The molecule has 3 N–H and O–H groups in total. The number of hydrogen-bond acceptors (Lipinski definition) is 3. The van der Waals surface area contributed by atoms with Crippen LogP contribution < -0.4 is 10.6 Å². The van der Waals surface area contributed by atoms with Crippen molar-refractivity contribution in [3.63, 3.8) is 0 Å². The molecule has 1 aromatic heterocycles. The second kappa shape index (κ2) is 4.39. The van der Waals surface area contributed by atoms with Gasteiger partial charge in [0.2, 0.25) is 5.88 Å². The monoisotopic (exact) mass is 218 g/mol. The number of phenolic OH excluding ortho intramolecular Hbond substituents is 1. The maximum Gasteiger partial charge on any atom is 0.326 e. The summed E-state index contributed by atoms with van der Waals surface area (Å²) < 4.78 is 4.94. The Kier molecular flexibility index (Phi) is 2.77. The Morgan fingerprint density at radius 1 is 1.19 bits per heavy atom. The minimum Gasteiger partial charge on any atom is -0.508 e. The van der Waals surface area contributed by atoms with Gasteiger partial charge in [0.1, 0.15) is 5.75 Å². The molecule has 0 unspecified atom stereocenters. The van der Waals surface area contributed by atoms with Crippen LogP contribution in [0.25, 0.3) is 0 Å². The molecule has 0 fully saturated rings. The van der Waals surface area contributed by atoms with E-state index in [0.29, 0.717) is 11.6 Å². The predicted octanol–water partition coefficient (Wildman–Crippen LogP) is 2.63. The standard InChI is InChI=1S/C11H10N2O3/c14-9-4-1-3-8(7-9)12-11(15)13-10-5-2-6-16-10/h1-7,14H,(H2,12,13,15). The van der Waals surface area contributed by atoms with Crippen LogP contribution in [0.1, 0.15) is 0 Å². The normalized spacial score (nSPS) is 9.75. The first-order valence-corrected chi connectivity index (χ1v) is 4.64. The summed E-state index contributed by atoms with van der Waals surface area (Å²) in [5.74, 6) is 0.452. The number of rotatable bonds is 2. The summed E-state index contributed by atoms with van der Waals surface area (Å²) in [5.41, 5.74) is 0.504. The van der Waals surface area contributed by atoms with Crippen LogP contribution in [-0.4, -0.2) is 11.1 Å². The molecule has 1 heterocycles. The molecule has 2 rings (SSSR count).